The first-order valence-electron chi connectivity index (χ1n) is 3.60. The standard InChI is InChI=1S/C7H11N3O.ClH/c8-3-6(11)10-5-7(4-9)1-2-7;/h1-3,5,8H2,(H,10,11);1H. The fraction of sp³-hybridized carbons (Fsp3) is 0.714. The Morgan fingerprint density at radius 1 is 1.67 bits per heavy atom. The highest BCUT2D eigenvalue weighted by Gasteiger charge is 2.43. The third-order valence-electron chi connectivity index (χ3n) is 1.90. The number of nitrogens with zero attached hydrogens (tertiary/aromatic N) is 1. The summed E-state index contributed by atoms with van der Waals surface area (Å²) in [6.45, 7) is 0.459. The van der Waals surface area contributed by atoms with Crippen molar-refractivity contribution in [3.63, 3.8) is 0 Å². The maximum absolute atomic E-state index is 10.7. The van der Waals surface area contributed by atoms with E-state index in [0.29, 0.717) is 6.54 Å². The first-order chi connectivity index (χ1) is 5.22. The van der Waals surface area contributed by atoms with Gasteiger partial charge in [-0.15, -0.1) is 12.4 Å². The number of carbonyl (C=O) groups is 1. The summed E-state index contributed by atoms with van der Waals surface area (Å²) in [5, 5.41) is 11.2. The molecule has 0 aromatic carbocycles. The maximum atomic E-state index is 10.7. The molecule has 0 aromatic heterocycles. The number of nitrogens with two attached hydrogens (primary N) is 1. The number of nitrogens with one attached hydrogen (secondary N) is 1. The zero-order valence-electron chi connectivity index (χ0n) is 6.67. The minimum Gasteiger partial charge on any atom is -0.353 e. The number of rotatable bonds is 3. The molecule has 3 N–H and O–H groups in total. The van der Waals surface area contributed by atoms with E-state index >= 15 is 0 Å². The Morgan fingerprint density at radius 3 is 2.58 bits per heavy atom. The molecule has 1 aliphatic rings. The smallest absolute Gasteiger partial charge is 0.233 e. The lowest BCUT2D eigenvalue weighted by molar-refractivity contribution is -0.119. The van der Waals surface area contributed by atoms with Gasteiger partial charge in [0.2, 0.25) is 5.91 Å². The second-order valence-corrected chi connectivity index (χ2v) is 2.87. The molecule has 5 heteroatoms. The van der Waals surface area contributed by atoms with Crippen LogP contribution in [0.3, 0.4) is 0 Å². The predicted octanol–water partition coefficient (Wildman–Crippen LogP) is -0.213. The molecule has 0 unspecified atom stereocenters. The van der Waals surface area contributed by atoms with Gasteiger partial charge in [-0.05, 0) is 12.8 Å². The van der Waals surface area contributed by atoms with Crippen molar-refractivity contribution in [2.45, 2.75) is 12.8 Å². The number of hydrogen-bond acceptors (Lipinski definition) is 3. The summed E-state index contributed by atoms with van der Waals surface area (Å²) < 4.78 is 0. The average Bonchev–Trinajstić information content (AvgIpc) is 2.81. The fourth-order valence-electron chi connectivity index (χ4n) is 0.819. The van der Waals surface area contributed by atoms with Gasteiger partial charge in [0.25, 0.3) is 0 Å². The van der Waals surface area contributed by atoms with Crippen LogP contribution in [0, 0.1) is 16.7 Å². The summed E-state index contributed by atoms with van der Waals surface area (Å²) in [6, 6.07) is 2.18. The van der Waals surface area contributed by atoms with Crippen LogP contribution in [0.1, 0.15) is 12.8 Å². The second-order valence-electron chi connectivity index (χ2n) is 2.87. The molecule has 1 rings (SSSR count). The normalized spacial score (nSPS) is 17.0. The molecule has 12 heavy (non-hydrogen) atoms. The van der Waals surface area contributed by atoms with Crippen molar-refractivity contribution in [2.24, 2.45) is 11.1 Å². The molecule has 1 aliphatic carbocycles. The molecule has 68 valence electrons. The van der Waals surface area contributed by atoms with Crippen LogP contribution in [0.2, 0.25) is 0 Å². The van der Waals surface area contributed by atoms with Gasteiger partial charge in [0.15, 0.2) is 0 Å². The van der Waals surface area contributed by atoms with E-state index in [2.05, 4.69) is 11.4 Å². The van der Waals surface area contributed by atoms with Crippen LogP contribution in [-0.2, 0) is 4.79 Å². The highest BCUT2D eigenvalue weighted by atomic mass is 35.5. The molecular formula is C7H12ClN3O. The molecule has 0 aliphatic heterocycles. The Balaban J connectivity index is 0.00000121. The first-order valence-corrected chi connectivity index (χ1v) is 3.60. The zero-order valence-corrected chi connectivity index (χ0v) is 7.49. The van der Waals surface area contributed by atoms with Crippen LogP contribution in [0.4, 0.5) is 0 Å². The molecule has 0 saturated heterocycles. The van der Waals surface area contributed by atoms with Crippen molar-refractivity contribution in [1.29, 1.82) is 5.26 Å². The molecule has 4 nitrogen and oxygen atoms in total. The van der Waals surface area contributed by atoms with Crippen molar-refractivity contribution in [3.05, 3.63) is 0 Å². The van der Waals surface area contributed by atoms with Gasteiger partial charge in [0.1, 0.15) is 0 Å². The van der Waals surface area contributed by atoms with E-state index in [0.717, 1.165) is 12.8 Å². The van der Waals surface area contributed by atoms with Crippen LogP contribution in [0.25, 0.3) is 0 Å². The van der Waals surface area contributed by atoms with Crippen molar-refractivity contribution >= 4 is 18.3 Å². The van der Waals surface area contributed by atoms with Crippen LogP contribution in [0.15, 0.2) is 0 Å². The minimum absolute atomic E-state index is 0. The quantitative estimate of drug-likeness (QED) is 0.645. The largest absolute Gasteiger partial charge is 0.353 e. The molecule has 1 fully saturated rings. The molecule has 0 radical (unpaired) electrons. The minimum atomic E-state index is -0.259. The van der Waals surface area contributed by atoms with Crippen molar-refractivity contribution in [2.75, 3.05) is 13.1 Å². The first kappa shape index (κ1) is 11.2. The molecule has 0 bridgehead atoms. The summed E-state index contributed by atoms with van der Waals surface area (Å²) in [5.74, 6) is -0.188. The molecule has 0 aromatic rings. The Hall–Kier alpha value is -0.790. The van der Waals surface area contributed by atoms with Crippen LogP contribution < -0.4 is 11.1 Å². The Labute approximate surface area is 77.5 Å². The molecule has 1 saturated carbocycles. The topological polar surface area (TPSA) is 78.9 Å². The van der Waals surface area contributed by atoms with Gasteiger partial charge < -0.3 is 11.1 Å². The zero-order chi connectivity index (χ0) is 8.32. The van der Waals surface area contributed by atoms with E-state index in [1.807, 2.05) is 0 Å². The monoisotopic (exact) mass is 189 g/mol. The number of amides is 1. The molecule has 0 heterocycles. The van der Waals surface area contributed by atoms with Crippen molar-refractivity contribution < 1.29 is 4.79 Å². The van der Waals surface area contributed by atoms with Gasteiger partial charge in [-0.3, -0.25) is 4.79 Å². The molecule has 0 spiro atoms. The van der Waals surface area contributed by atoms with E-state index in [4.69, 9.17) is 11.0 Å². The van der Waals surface area contributed by atoms with E-state index < -0.39 is 0 Å². The van der Waals surface area contributed by atoms with Gasteiger partial charge in [-0.2, -0.15) is 5.26 Å². The van der Waals surface area contributed by atoms with Gasteiger partial charge in [-0.25, -0.2) is 0 Å². The van der Waals surface area contributed by atoms with Crippen molar-refractivity contribution in [1.82, 2.24) is 5.32 Å². The van der Waals surface area contributed by atoms with Crippen molar-refractivity contribution in [3.8, 4) is 6.07 Å². The second kappa shape index (κ2) is 4.29. The van der Waals surface area contributed by atoms with E-state index in [1.54, 1.807) is 0 Å². The lowest BCUT2D eigenvalue weighted by atomic mass is 10.1. The van der Waals surface area contributed by atoms with E-state index in [-0.39, 0.29) is 30.3 Å². The van der Waals surface area contributed by atoms with Gasteiger partial charge >= 0.3 is 0 Å². The summed E-state index contributed by atoms with van der Waals surface area (Å²) in [5.41, 5.74) is 4.81. The number of nitriles is 1. The van der Waals surface area contributed by atoms with E-state index in [9.17, 15) is 4.79 Å². The van der Waals surface area contributed by atoms with Crippen LogP contribution in [0.5, 0.6) is 0 Å². The third kappa shape index (κ3) is 2.68. The predicted molar refractivity (Wildman–Crippen MR) is 46.6 cm³/mol. The molecule has 1 amide bonds. The fourth-order valence-corrected chi connectivity index (χ4v) is 0.819. The lowest BCUT2D eigenvalue weighted by Crippen LogP contribution is -2.34. The summed E-state index contributed by atoms with van der Waals surface area (Å²) in [4.78, 5) is 10.7. The summed E-state index contributed by atoms with van der Waals surface area (Å²) in [7, 11) is 0. The highest BCUT2D eigenvalue weighted by molar-refractivity contribution is 5.85. The highest BCUT2D eigenvalue weighted by Crippen LogP contribution is 2.43. The number of carbonyl (C=O) groups excluding carboxylic acids is 1. The van der Waals surface area contributed by atoms with E-state index in [1.165, 1.54) is 0 Å². The summed E-state index contributed by atoms with van der Waals surface area (Å²) >= 11 is 0. The lowest BCUT2D eigenvalue weighted by Gasteiger charge is -2.05. The number of halogens is 1. The van der Waals surface area contributed by atoms with Crippen LogP contribution in [-0.4, -0.2) is 19.0 Å². The molecular weight excluding hydrogens is 178 g/mol. The summed E-state index contributed by atoms with van der Waals surface area (Å²) in [6.07, 6.45) is 1.79. The number of hydrogen-bond donors (Lipinski definition) is 2. The van der Waals surface area contributed by atoms with Gasteiger partial charge in [0, 0.05) is 6.54 Å². The average molecular weight is 190 g/mol. The Morgan fingerprint density at radius 2 is 2.25 bits per heavy atom. The van der Waals surface area contributed by atoms with Gasteiger partial charge in [0.05, 0.1) is 18.0 Å². The Bertz CT molecular complexity index is 207. The maximum Gasteiger partial charge on any atom is 0.233 e. The van der Waals surface area contributed by atoms with Crippen LogP contribution >= 0.6 is 12.4 Å². The third-order valence-corrected chi connectivity index (χ3v) is 1.90. The Kier molecular flexibility index (Phi) is 4.01. The SMILES string of the molecule is Cl.N#CC1(CNC(=O)CN)CC1. The molecule has 0 atom stereocenters. The van der Waals surface area contributed by atoms with Gasteiger partial charge in [-0.1, -0.05) is 0 Å².